The maximum Gasteiger partial charge on any atom is 0.299 e. The molecule has 0 aliphatic rings. The number of halogens is 4. The number of rotatable bonds is 3. The van der Waals surface area contributed by atoms with Crippen LogP contribution in [0.2, 0.25) is 5.02 Å². The van der Waals surface area contributed by atoms with Crippen LogP contribution >= 0.6 is 23.2 Å². The summed E-state index contributed by atoms with van der Waals surface area (Å²) in [5.74, 6) is 3.52. The first-order chi connectivity index (χ1) is 11.0. The molecule has 0 spiro atoms. The van der Waals surface area contributed by atoms with E-state index in [-0.39, 0.29) is 5.88 Å². The molecule has 0 aromatic heterocycles. The quantitative estimate of drug-likeness (QED) is 0.569. The SMILES string of the molecule is O=C(CCl)N(c1ccc(Cl)cc1)c1ccccc1C#CC(F)F. The molecule has 0 fully saturated rings. The normalized spacial score (nSPS) is 10.1. The fraction of sp³-hybridized carbons (Fsp3) is 0.118. The number of amides is 1. The molecule has 1 amide bonds. The van der Waals surface area contributed by atoms with Crippen LogP contribution in [0.15, 0.2) is 48.5 Å². The smallest absolute Gasteiger partial charge is 0.279 e. The van der Waals surface area contributed by atoms with Crippen LogP contribution in [-0.4, -0.2) is 18.2 Å². The molecule has 0 radical (unpaired) electrons. The Bertz CT molecular complexity index is 751. The van der Waals surface area contributed by atoms with Crippen molar-refractivity contribution in [2.24, 2.45) is 0 Å². The van der Waals surface area contributed by atoms with Gasteiger partial charge in [0.15, 0.2) is 0 Å². The van der Waals surface area contributed by atoms with Gasteiger partial charge in [-0.15, -0.1) is 11.6 Å². The summed E-state index contributed by atoms with van der Waals surface area (Å²) in [6.07, 6.45) is -2.75. The van der Waals surface area contributed by atoms with Crippen LogP contribution in [0.25, 0.3) is 0 Å². The predicted molar refractivity (Wildman–Crippen MR) is 88.6 cm³/mol. The van der Waals surface area contributed by atoms with Crippen LogP contribution in [-0.2, 0) is 4.79 Å². The fourth-order valence-electron chi connectivity index (χ4n) is 1.97. The summed E-state index contributed by atoms with van der Waals surface area (Å²) in [4.78, 5) is 13.6. The van der Waals surface area contributed by atoms with Crippen LogP contribution in [0.4, 0.5) is 20.2 Å². The van der Waals surface area contributed by atoms with E-state index >= 15 is 0 Å². The minimum absolute atomic E-state index is 0.265. The zero-order valence-corrected chi connectivity index (χ0v) is 13.3. The van der Waals surface area contributed by atoms with E-state index in [1.807, 2.05) is 0 Å². The number of carbonyl (C=O) groups is 1. The summed E-state index contributed by atoms with van der Waals surface area (Å²) in [5, 5.41) is 0.512. The highest BCUT2D eigenvalue weighted by molar-refractivity contribution is 6.31. The molecule has 0 saturated heterocycles. The van der Waals surface area contributed by atoms with Gasteiger partial charge in [0.25, 0.3) is 6.43 Å². The molecule has 0 unspecified atom stereocenters. The fourth-order valence-corrected chi connectivity index (χ4v) is 2.22. The van der Waals surface area contributed by atoms with Gasteiger partial charge in [0.05, 0.1) is 5.69 Å². The molecular formula is C17H11Cl2F2NO. The van der Waals surface area contributed by atoms with E-state index in [0.29, 0.717) is 22.0 Å². The van der Waals surface area contributed by atoms with E-state index in [0.717, 1.165) is 0 Å². The van der Waals surface area contributed by atoms with Crippen LogP contribution in [0.5, 0.6) is 0 Å². The summed E-state index contributed by atoms with van der Waals surface area (Å²) >= 11 is 11.5. The molecule has 2 aromatic rings. The highest BCUT2D eigenvalue weighted by atomic mass is 35.5. The largest absolute Gasteiger partial charge is 0.299 e. The molecule has 0 heterocycles. The first-order valence-electron chi connectivity index (χ1n) is 6.56. The average molecular weight is 354 g/mol. The van der Waals surface area contributed by atoms with Crippen LogP contribution < -0.4 is 4.90 Å². The molecule has 0 bridgehead atoms. The average Bonchev–Trinajstić information content (AvgIpc) is 2.55. The Balaban J connectivity index is 2.55. The third-order valence-corrected chi connectivity index (χ3v) is 3.39. The molecule has 6 heteroatoms. The van der Waals surface area contributed by atoms with Crippen molar-refractivity contribution >= 4 is 40.5 Å². The van der Waals surface area contributed by atoms with Crippen molar-refractivity contribution < 1.29 is 13.6 Å². The lowest BCUT2D eigenvalue weighted by atomic mass is 10.1. The minimum atomic E-state index is -2.75. The molecule has 0 saturated carbocycles. The maximum atomic E-state index is 12.4. The van der Waals surface area contributed by atoms with Crippen molar-refractivity contribution in [2.75, 3.05) is 10.8 Å². The standard InChI is InChI=1S/C17H11Cl2F2NO/c18-11-17(23)22(14-8-6-13(19)7-9-14)15-4-2-1-3-12(15)5-10-16(20)21/h1-4,6-9,16H,11H2. The zero-order chi connectivity index (χ0) is 16.8. The first-order valence-corrected chi connectivity index (χ1v) is 7.47. The summed E-state index contributed by atoms with van der Waals surface area (Å²) in [5.41, 5.74) is 1.21. The Labute approximate surface area is 142 Å². The Morgan fingerprint density at radius 3 is 2.39 bits per heavy atom. The van der Waals surface area contributed by atoms with Gasteiger partial charge >= 0.3 is 0 Å². The van der Waals surface area contributed by atoms with Crippen LogP contribution in [0.3, 0.4) is 0 Å². The van der Waals surface area contributed by atoms with Gasteiger partial charge in [-0.2, -0.15) is 8.78 Å². The van der Waals surface area contributed by atoms with Crippen molar-refractivity contribution in [3.05, 3.63) is 59.1 Å². The molecule has 0 atom stereocenters. The number of carbonyl (C=O) groups excluding carboxylic acids is 1. The number of hydrogen-bond donors (Lipinski definition) is 0. The number of para-hydroxylation sites is 1. The van der Waals surface area contributed by atoms with Gasteiger partial charge in [-0.05, 0) is 42.3 Å². The Kier molecular flexibility index (Phi) is 5.97. The van der Waals surface area contributed by atoms with Gasteiger partial charge in [0, 0.05) is 16.3 Å². The number of benzene rings is 2. The van der Waals surface area contributed by atoms with Gasteiger partial charge in [-0.3, -0.25) is 9.69 Å². The van der Waals surface area contributed by atoms with Crippen molar-refractivity contribution in [3.63, 3.8) is 0 Å². The highest BCUT2D eigenvalue weighted by Crippen LogP contribution is 2.29. The summed E-state index contributed by atoms with van der Waals surface area (Å²) in [7, 11) is 0. The molecule has 118 valence electrons. The van der Waals surface area contributed by atoms with Gasteiger partial charge < -0.3 is 0 Å². The van der Waals surface area contributed by atoms with E-state index < -0.39 is 12.3 Å². The van der Waals surface area contributed by atoms with E-state index in [9.17, 15) is 13.6 Å². The second-order valence-electron chi connectivity index (χ2n) is 4.43. The topological polar surface area (TPSA) is 20.3 Å². The van der Waals surface area contributed by atoms with Crippen molar-refractivity contribution in [1.29, 1.82) is 0 Å². The second-order valence-corrected chi connectivity index (χ2v) is 5.13. The lowest BCUT2D eigenvalue weighted by molar-refractivity contribution is -0.115. The molecule has 0 aliphatic heterocycles. The minimum Gasteiger partial charge on any atom is -0.279 e. The van der Waals surface area contributed by atoms with E-state index in [1.54, 1.807) is 54.5 Å². The monoisotopic (exact) mass is 353 g/mol. The van der Waals surface area contributed by atoms with E-state index in [2.05, 4.69) is 5.92 Å². The first kappa shape index (κ1) is 17.3. The number of nitrogens with zero attached hydrogens (tertiary/aromatic N) is 1. The van der Waals surface area contributed by atoms with Gasteiger partial charge in [0.2, 0.25) is 5.91 Å². The van der Waals surface area contributed by atoms with Crippen LogP contribution in [0, 0.1) is 11.8 Å². The summed E-state index contributed by atoms with van der Waals surface area (Å²) < 4.78 is 24.7. The molecule has 0 aliphatic carbocycles. The Morgan fingerprint density at radius 2 is 1.78 bits per heavy atom. The Morgan fingerprint density at radius 1 is 1.13 bits per heavy atom. The van der Waals surface area contributed by atoms with Crippen LogP contribution in [0.1, 0.15) is 5.56 Å². The van der Waals surface area contributed by atoms with Crippen molar-refractivity contribution in [3.8, 4) is 11.8 Å². The molecule has 0 N–H and O–H groups in total. The lowest BCUT2D eigenvalue weighted by Gasteiger charge is -2.23. The van der Waals surface area contributed by atoms with E-state index in [4.69, 9.17) is 23.2 Å². The third-order valence-electron chi connectivity index (χ3n) is 2.91. The zero-order valence-electron chi connectivity index (χ0n) is 11.8. The molecule has 2 rings (SSSR count). The highest BCUT2D eigenvalue weighted by Gasteiger charge is 2.19. The lowest BCUT2D eigenvalue weighted by Crippen LogP contribution is -2.27. The van der Waals surface area contributed by atoms with Crippen molar-refractivity contribution in [1.82, 2.24) is 0 Å². The number of hydrogen-bond acceptors (Lipinski definition) is 1. The molecule has 2 nitrogen and oxygen atoms in total. The van der Waals surface area contributed by atoms with E-state index in [1.165, 1.54) is 4.90 Å². The predicted octanol–water partition coefficient (Wildman–Crippen LogP) is 4.86. The summed E-state index contributed by atoms with van der Waals surface area (Å²) in [6, 6.07) is 13.1. The third kappa shape index (κ3) is 4.44. The van der Waals surface area contributed by atoms with Gasteiger partial charge in [-0.25, -0.2) is 0 Å². The number of anilines is 2. The van der Waals surface area contributed by atoms with Gasteiger partial charge in [-0.1, -0.05) is 29.7 Å². The maximum absolute atomic E-state index is 12.4. The van der Waals surface area contributed by atoms with Gasteiger partial charge in [0.1, 0.15) is 5.88 Å². The molecule has 23 heavy (non-hydrogen) atoms. The molecule has 2 aromatic carbocycles. The number of alkyl halides is 3. The molecular weight excluding hydrogens is 343 g/mol. The van der Waals surface area contributed by atoms with Crippen molar-refractivity contribution in [2.45, 2.75) is 6.43 Å². The second kappa shape index (κ2) is 7.96. The Hall–Kier alpha value is -2.09. The summed E-state index contributed by atoms with van der Waals surface area (Å²) in [6.45, 7) is 0.